The third-order valence-corrected chi connectivity index (χ3v) is 6.83. The molecule has 1 aliphatic carbocycles. The standard InChI is InChI=1S/C19H29N3O2S/c1-3-25(23)18-6-4-5-17(10-18)22-19(20-2)21-11-14-7-8-15-12-24-13-16(15)9-14/h7-9,17-18H,3-6,10-13H2,1-2H3,(H2,20,21,22). The van der Waals surface area contributed by atoms with Gasteiger partial charge in [-0.3, -0.25) is 9.20 Å². The van der Waals surface area contributed by atoms with Gasteiger partial charge in [-0.1, -0.05) is 31.5 Å². The average molecular weight is 364 g/mol. The van der Waals surface area contributed by atoms with Crippen LogP contribution in [-0.4, -0.2) is 34.3 Å². The second-order valence-electron chi connectivity index (χ2n) is 6.82. The summed E-state index contributed by atoms with van der Waals surface area (Å²) < 4.78 is 17.6. The summed E-state index contributed by atoms with van der Waals surface area (Å²) in [6.07, 6.45) is 4.31. The Hall–Kier alpha value is -1.40. The highest BCUT2D eigenvalue weighted by Gasteiger charge is 2.26. The van der Waals surface area contributed by atoms with Crippen LogP contribution in [0, 0.1) is 0 Å². The first-order chi connectivity index (χ1) is 12.2. The van der Waals surface area contributed by atoms with Crippen LogP contribution in [0.2, 0.25) is 0 Å². The van der Waals surface area contributed by atoms with Crippen LogP contribution >= 0.6 is 0 Å². The maximum Gasteiger partial charge on any atom is 0.191 e. The molecule has 1 fully saturated rings. The van der Waals surface area contributed by atoms with Gasteiger partial charge in [-0.2, -0.15) is 0 Å². The van der Waals surface area contributed by atoms with E-state index >= 15 is 0 Å². The Bertz CT molecular complexity index is 648. The Labute approximate surface area is 153 Å². The van der Waals surface area contributed by atoms with Crippen LogP contribution < -0.4 is 10.6 Å². The van der Waals surface area contributed by atoms with Gasteiger partial charge in [0.25, 0.3) is 0 Å². The molecule has 0 aromatic heterocycles. The Morgan fingerprint density at radius 2 is 2.16 bits per heavy atom. The van der Waals surface area contributed by atoms with E-state index in [1.54, 1.807) is 7.05 Å². The number of hydrogen-bond acceptors (Lipinski definition) is 3. The third-order valence-electron chi connectivity index (χ3n) is 5.09. The van der Waals surface area contributed by atoms with Crippen molar-refractivity contribution in [1.82, 2.24) is 10.6 Å². The van der Waals surface area contributed by atoms with Crippen molar-refractivity contribution in [2.45, 2.75) is 63.7 Å². The Morgan fingerprint density at radius 1 is 1.32 bits per heavy atom. The van der Waals surface area contributed by atoms with E-state index in [1.807, 2.05) is 6.92 Å². The second kappa shape index (κ2) is 8.81. The Morgan fingerprint density at radius 3 is 2.96 bits per heavy atom. The van der Waals surface area contributed by atoms with Gasteiger partial charge in [-0.05, 0) is 36.0 Å². The van der Waals surface area contributed by atoms with E-state index in [1.165, 1.54) is 16.7 Å². The van der Waals surface area contributed by atoms with Crippen LogP contribution in [-0.2, 0) is 35.3 Å². The SMILES string of the molecule is CCS(=O)C1CCCC(NC(=NC)NCc2ccc3c(c2)COC3)C1. The van der Waals surface area contributed by atoms with Crippen molar-refractivity contribution in [1.29, 1.82) is 0 Å². The number of benzene rings is 1. The largest absolute Gasteiger partial charge is 0.372 e. The first-order valence-corrected chi connectivity index (χ1v) is 10.6. The lowest BCUT2D eigenvalue weighted by molar-refractivity contribution is 0.134. The normalized spacial score (nSPS) is 24.6. The zero-order valence-corrected chi connectivity index (χ0v) is 16.0. The van der Waals surface area contributed by atoms with Gasteiger partial charge in [0, 0.05) is 41.4 Å². The van der Waals surface area contributed by atoms with Crippen molar-refractivity contribution in [2.24, 2.45) is 4.99 Å². The van der Waals surface area contributed by atoms with E-state index in [2.05, 4.69) is 33.8 Å². The molecule has 0 amide bonds. The number of guanidine groups is 1. The zero-order valence-electron chi connectivity index (χ0n) is 15.2. The molecule has 25 heavy (non-hydrogen) atoms. The van der Waals surface area contributed by atoms with Crippen molar-refractivity contribution >= 4 is 16.8 Å². The van der Waals surface area contributed by atoms with Crippen LogP contribution in [0.15, 0.2) is 23.2 Å². The molecule has 3 rings (SSSR count). The topological polar surface area (TPSA) is 62.7 Å². The summed E-state index contributed by atoms with van der Waals surface area (Å²) in [7, 11) is 1.11. The quantitative estimate of drug-likeness (QED) is 0.623. The molecule has 1 aromatic carbocycles. The van der Waals surface area contributed by atoms with Crippen LogP contribution in [0.3, 0.4) is 0 Å². The minimum Gasteiger partial charge on any atom is -0.372 e. The van der Waals surface area contributed by atoms with Gasteiger partial charge in [0.15, 0.2) is 5.96 Å². The van der Waals surface area contributed by atoms with Crippen molar-refractivity contribution in [3.05, 3.63) is 34.9 Å². The number of hydrogen-bond donors (Lipinski definition) is 2. The van der Waals surface area contributed by atoms with Gasteiger partial charge in [-0.15, -0.1) is 0 Å². The first-order valence-electron chi connectivity index (χ1n) is 9.22. The summed E-state index contributed by atoms with van der Waals surface area (Å²) in [6.45, 7) is 4.20. The molecular formula is C19H29N3O2S. The minimum atomic E-state index is -0.697. The van der Waals surface area contributed by atoms with E-state index < -0.39 is 10.8 Å². The second-order valence-corrected chi connectivity index (χ2v) is 8.83. The van der Waals surface area contributed by atoms with E-state index in [0.717, 1.165) is 50.5 Å². The average Bonchev–Trinajstić information content (AvgIpc) is 3.12. The number of nitrogens with one attached hydrogen (secondary N) is 2. The monoisotopic (exact) mass is 363 g/mol. The summed E-state index contributed by atoms with van der Waals surface area (Å²) in [6, 6.07) is 6.87. The molecule has 1 aliphatic heterocycles. The van der Waals surface area contributed by atoms with E-state index in [9.17, 15) is 4.21 Å². The van der Waals surface area contributed by atoms with Gasteiger partial charge in [0.1, 0.15) is 0 Å². The molecule has 0 saturated heterocycles. The summed E-state index contributed by atoms with van der Waals surface area (Å²) in [5.74, 6) is 1.58. The lowest BCUT2D eigenvalue weighted by atomic mass is 9.95. The Balaban J connectivity index is 1.52. The molecule has 1 heterocycles. The maximum absolute atomic E-state index is 12.1. The summed E-state index contributed by atoms with van der Waals surface area (Å²) in [5, 5.41) is 7.25. The molecule has 1 saturated carbocycles. The fourth-order valence-corrected chi connectivity index (χ4v) is 5.01. The molecule has 3 atom stereocenters. The molecular weight excluding hydrogens is 334 g/mol. The molecule has 3 unspecified atom stereocenters. The molecule has 0 bridgehead atoms. The highest BCUT2D eigenvalue weighted by atomic mass is 32.2. The van der Waals surface area contributed by atoms with Crippen LogP contribution in [0.5, 0.6) is 0 Å². The Kier molecular flexibility index (Phi) is 6.48. The number of fused-ring (bicyclic) bond motifs is 1. The highest BCUT2D eigenvalue weighted by Crippen LogP contribution is 2.23. The predicted molar refractivity (Wildman–Crippen MR) is 103 cm³/mol. The molecule has 5 nitrogen and oxygen atoms in total. The number of rotatable bonds is 5. The van der Waals surface area contributed by atoms with Gasteiger partial charge < -0.3 is 15.4 Å². The van der Waals surface area contributed by atoms with Crippen molar-refractivity contribution in [3.8, 4) is 0 Å². The number of ether oxygens (including phenoxy) is 1. The fourth-order valence-electron chi connectivity index (χ4n) is 3.66. The number of nitrogens with zero attached hydrogens (tertiary/aromatic N) is 1. The smallest absolute Gasteiger partial charge is 0.191 e. The summed E-state index contributed by atoms with van der Waals surface area (Å²) >= 11 is 0. The first kappa shape index (κ1) is 18.4. The van der Waals surface area contributed by atoms with E-state index in [0.29, 0.717) is 17.9 Å². The molecule has 1 aromatic rings. The highest BCUT2D eigenvalue weighted by molar-refractivity contribution is 7.85. The van der Waals surface area contributed by atoms with E-state index in [-0.39, 0.29) is 0 Å². The number of aliphatic imine (C=N–C) groups is 1. The van der Waals surface area contributed by atoms with Gasteiger partial charge in [0.2, 0.25) is 0 Å². The summed E-state index contributed by atoms with van der Waals surface area (Å²) in [4.78, 5) is 4.35. The lowest BCUT2D eigenvalue weighted by Gasteiger charge is -2.30. The van der Waals surface area contributed by atoms with Gasteiger partial charge in [-0.25, -0.2) is 0 Å². The van der Waals surface area contributed by atoms with Crippen LogP contribution in [0.4, 0.5) is 0 Å². The van der Waals surface area contributed by atoms with Gasteiger partial charge in [0.05, 0.1) is 13.2 Å². The van der Waals surface area contributed by atoms with Crippen molar-refractivity contribution in [3.63, 3.8) is 0 Å². The molecule has 6 heteroatoms. The van der Waals surface area contributed by atoms with Crippen LogP contribution in [0.1, 0.15) is 49.3 Å². The van der Waals surface area contributed by atoms with Crippen molar-refractivity contribution < 1.29 is 8.95 Å². The minimum absolute atomic E-state index is 0.325. The van der Waals surface area contributed by atoms with Crippen molar-refractivity contribution in [2.75, 3.05) is 12.8 Å². The third kappa shape index (κ3) is 4.82. The fraction of sp³-hybridized carbons (Fsp3) is 0.632. The molecule has 0 spiro atoms. The molecule has 138 valence electrons. The molecule has 2 aliphatic rings. The molecule has 0 radical (unpaired) electrons. The van der Waals surface area contributed by atoms with Crippen LogP contribution in [0.25, 0.3) is 0 Å². The summed E-state index contributed by atoms with van der Waals surface area (Å²) in [5.41, 5.74) is 3.82. The predicted octanol–water partition coefficient (Wildman–Crippen LogP) is 2.46. The van der Waals surface area contributed by atoms with Gasteiger partial charge >= 0.3 is 0 Å². The maximum atomic E-state index is 12.1. The van der Waals surface area contributed by atoms with E-state index in [4.69, 9.17) is 4.74 Å². The molecule has 2 N–H and O–H groups in total. The zero-order chi connectivity index (χ0) is 17.6. The lowest BCUT2D eigenvalue weighted by Crippen LogP contribution is -2.46.